The largest absolute Gasteiger partial charge is 0.333 e. The highest BCUT2D eigenvalue weighted by molar-refractivity contribution is 6.05. The molecule has 0 bridgehead atoms. The third-order valence-corrected chi connectivity index (χ3v) is 4.70. The van der Waals surface area contributed by atoms with Crippen molar-refractivity contribution in [1.82, 2.24) is 25.0 Å². The minimum Gasteiger partial charge on any atom is -0.333 e. The molecule has 6 heteroatoms. The van der Waals surface area contributed by atoms with Crippen LogP contribution in [-0.2, 0) is 0 Å². The molecule has 1 unspecified atom stereocenters. The van der Waals surface area contributed by atoms with Gasteiger partial charge in [-0.25, -0.2) is 9.67 Å². The Kier molecular flexibility index (Phi) is 4.35. The summed E-state index contributed by atoms with van der Waals surface area (Å²) in [5.74, 6) is 0.0817. The van der Waals surface area contributed by atoms with Crippen LogP contribution in [0.4, 0.5) is 0 Å². The molecule has 1 N–H and O–H groups in total. The van der Waals surface area contributed by atoms with Crippen molar-refractivity contribution < 1.29 is 4.79 Å². The number of carbonyl (C=O) groups excluding carboxylic acids is 1. The number of rotatable bonds is 3. The molecule has 1 amide bonds. The zero-order valence-electron chi connectivity index (χ0n) is 14.3. The number of aryl methyl sites for hydroxylation is 1. The Morgan fingerprint density at radius 2 is 2.30 bits per heavy atom. The Bertz CT molecular complexity index is 723. The van der Waals surface area contributed by atoms with Crippen molar-refractivity contribution in [2.24, 2.45) is 0 Å². The molecule has 3 rings (SSSR count). The number of hydrogen-bond donors (Lipinski definition) is 1. The summed E-state index contributed by atoms with van der Waals surface area (Å²) in [7, 11) is 0. The highest BCUT2D eigenvalue weighted by Crippen LogP contribution is 2.24. The minimum absolute atomic E-state index is 0.0817. The Hall–Kier alpha value is -1.95. The van der Waals surface area contributed by atoms with Gasteiger partial charge < -0.3 is 10.2 Å². The average Bonchev–Trinajstić information content (AvgIpc) is 2.96. The summed E-state index contributed by atoms with van der Waals surface area (Å²) in [6.45, 7) is 10.7. The van der Waals surface area contributed by atoms with Gasteiger partial charge in [0, 0.05) is 31.4 Å². The first-order chi connectivity index (χ1) is 11.0. The third kappa shape index (κ3) is 2.83. The zero-order valence-corrected chi connectivity index (χ0v) is 14.3. The number of hydrogen-bond acceptors (Lipinski definition) is 4. The fraction of sp³-hybridized carbons (Fsp3) is 0.588. The van der Waals surface area contributed by atoms with Gasteiger partial charge >= 0.3 is 0 Å². The molecular weight excluding hydrogens is 290 g/mol. The molecule has 124 valence electrons. The highest BCUT2D eigenvalue weighted by Gasteiger charge is 2.26. The van der Waals surface area contributed by atoms with Gasteiger partial charge in [-0.2, -0.15) is 5.10 Å². The molecule has 6 nitrogen and oxygen atoms in total. The fourth-order valence-electron chi connectivity index (χ4n) is 3.11. The second-order valence-electron chi connectivity index (χ2n) is 6.45. The molecule has 0 aliphatic carbocycles. The molecule has 3 heterocycles. The summed E-state index contributed by atoms with van der Waals surface area (Å²) in [4.78, 5) is 19.6. The summed E-state index contributed by atoms with van der Waals surface area (Å²) in [6, 6.07) is 2.36. The van der Waals surface area contributed by atoms with Crippen molar-refractivity contribution in [1.29, 1.82) is 0 Å². The number of amides is 1. The van der Waals surface area contributed by atoms with Gasteiger partial charge in [0.15, 0.2) is 5.65 Å². The van der Waals surface area contributed by atoms with Gasteiger partial charge in [0.25, 0.3) is 5.91 Å². The Morgan fingerprint density at radius 1 is 1.52 bits per heavy atom. The zero-order chi connectivity index (χ0) is 16.6. The van der Waals surface area contributed by atoms with Crippen molar-refractivity contribution in [3.8, 4) is 0 Å². The van der Waals surface area contributed by atoms with Gasteiger partial charge in [-0.15, -0.1) is 0 Å². The van der Waals surface area contributed by atoms with Crippen LogP contribution in [0.5, 0.6) is 0 Å². The average molecular weight is 315 g/mol. The van der Waals surface area contributed by atoms with Crippen LogP contribution in [0.1, 0.15) is 49.3 Å². The SMILES string of the molecule is CCC(C)n1ncc2c(C(=O)N3CCNC[C@H]3C)cc(C)nc21. The maximum Gasteiger partial charge on any atom is 0.255 e. The Morgan fingerprint density at radius 3 is 3.00 bits per heavy atom. The lowest BCUT2D eigenvalue weighted by Crippen LogP contribution is -2.52. The topological polar surface area (TPSA) is 63.1 Å². The maximum atomic E-state index is 13.1. The van der Waals surface area contributed by atoms with Gasteiger partial charge in [-0.05, 0) is 33.3 Å². The molecule has 1 saturated heterocycles. The number of nitrogens with zero attached hydrogens (tertiary/aromatic N) is 4. The normalized spacial score (nSPS) is 20.0. The molecule has 1 aliphatic rings. The van der Waals surface area contributed by atoms with E-state index in [0.717, 1.165) is 48.3 Å². The molecule has 23 heavy (non-hydrogen) atoms. The molecular formula is C17H25N5O. The van der Waals surface area contributed by atoms with Crippen molar-refractivity contribution in [2.75, 3.05) is 19.6 Å². The van der Waals surface area contributed by atoms with E-state index in [9.17, 15) is 4.79 Å². The van der Waals surface area contributed by atoms with E-state index in [2.05, 4.69) is 36.2 Å². The number of nitrogens with one attached hydrogen (secondary N) is 1. The lowest BCUT2D eigenvalue weighted by molar-refractivity contribution is 0.0657. The summed E-state index contributed by atoms with van der Waals surface area (Å²) < 4.78 is 1.93. The summed E-state index contributed by atoms with van der Waals surface area (Å²) in [5, 5.41) is 8.66. The van der Waals surface area contributed by atoms with Crippen molar-refractivity contribution >= 4 is 16.9 Å². The van der Waals surface area contributed by atoms with E-state index in [-0.39, 0.29) is 18.0 Å². The summed E-state index contributed by atoms with van der Waals surface area (Å²) >= 11 is 0. The quantitative estimate of drug-likeness (QED) is 0.942. The van der Waals surface area contributed by atoms with E-state index in [1.165, 1.54) is 0 Å². The number of aromatic nitrogens is 3. The highest BCUT2D eigenvalue weighted by atomic mass is 16.2. The molecule has 2 aromatic rings. The van der Waals surface area contributed by atoms with E-state index in [0.29, 0.717) is 0 Å². The number of piperazine rings is 1. The third-order valence-electron chi connectivity index (χ3n) is 4.70. The molecule has 0 saturated carbocycles. The molecule has 1 fully saturated rings. The van der Waals surface area contributed by atoms with Gasteiger partial charge in [0.2, 0.25) is 0 Å². The summed E-state index contributed by atoms with van der Waals surface area (Å²) in [6.07, 6.45) is 2.76. The Balaban J connectivity index is 2.07. The van der Waals surface area contributed by atoms with E-state index in [4.69, 9.17) is 0 Å². The number of fused-ring (bicyclic) bond motifs is 1. The predicted molar refractivity (Wildman–Crippen MR) is 90.6 cm³/mol. The van der Waals surface area contributed by atoms with E-state index in [1.807, 2.05) is 22.6 Å². The predicted octanol–water partition coefficient (Wildman–Crippen LogP) is 2.14. The van der Waals surface area contributed by atoms with Crippen molar-refractivity contribution in [2.45, 2.75) is 46.2 Å². The Labute approximate surface area is 136 Å². The first-order valence-corrected chi connectivity index (χ1v) is 8.39. The van der Waals surface area contributed by atoms with Crippen molar-refractivity contribution in [3.05, 3.63) is 23.5 Å². The lowest BCUT2D eigenvalue weighted by Gasteiger charge is -2.34. The molecule has 2 aromatic heterocycles. The van der Waals surface area contributed by atoms with E-state index < -0.39 is 0 Å². The second kappa shape index (κ2) is 6.28. The van der Waals surface area contributed by atoms with E-state index in [1.54, 1.807) is 6.20 Å². The first kappa shape index (κ1) is 15.9. The van der Waals surface area contributed by atoms with Crippen LogP contribution in [0.2, 0.25) is 0 Å². The van der Waals surface area contributed by atoms with Crippen LogP contribution >= 0.6 is 0 Å². The molecule has 1 aliphatic heterocycles. The van der Waals surface area contributed by atoms with Gasteiger partial charge in [-0.3, -0.25) is 4.79 Å². The molecule has 0 aromatic carbocycles. The minimum atomic E-state index is 0.0817. The van der Waals surface area contributed by atoms with Crippen LogP contribution in [0.25, 0.3) is 11.0 Å². The molecule has 2 atom stereocenters. The number of carbonyl (C=O) groups is 1. The second-order valence-corrected chi connectivity index (χ2v) is 6.45. The van der Waals surface area contributed by atoms with Gasteiger partial charge in [0.1, 0.15) is 0 Å². The maximum absolute atomic E-state index is 13.1. The lowest BCUT2D eigenvalue weighted by atomic mass is 10.1. The van der Waals surface area contributed by atoms with Crippen LogP contribution < -0.4 is 5.32 Å². The standard InChI is InChI=1S/C17H25N5O/c1-5-12(3)22-16-15(10-19-22)14(8-11(2)20-16)17(23)21-7-6-18-9-13(21)4/h8,10,12-13,18H,5-7,9H2,1-4H3/t12?,13-/m1/s1. The van der Waals surface area contributed by atoms with Crippen LogP contribution in [-0.4, -0.2) is 51.2 Å². The fourth-order valence-corrected chi connectivity index (χ4v) is 3.11. The van der Waals surface area contributed by atoms with Gasteiger partial charge in [-0.1, -0.05) is 6.92 Å². The van der Waals surface area contributed by atoms with Crippen molar-refractivity contribution in [3.63, 3.8) is 0 Å². The van der Waals surface area contributed by atoms with Crippen LogP contribution in [0.15, 0.2) is 12.3 Å². The number of pyridine rings is 1. The summed E-state index contributed by atoms with van der Waals surface area (Å²) in [5.41, 5.74) is 2.38. The van der Waals surface area contributed by atoms with Crippen LogP contribution in [0.3, 0.4) is 0 Å². The van der Waals surface area contributed by atoms with Gasteiger partial charge in [0.05, 0.1) is 23.2 Å². The molecule has 0 radical (unpaired) electrons. The smallest absolute Gasteiger partial charge is 0.255 e. The molecule has 0 spiro atoms. The van der Waals surface area contributed by atoms with E-state index >= 15 is 0 Å². The van der Waals surface area contributed by atoms with Crippen LogP contribution in [0, 0.1) is 6.92 Å². The monoisotopic (exact) mass is 315 g/mol. The first-order valence-electron chi connectivity index (χ1n) is 8.39.